The van der Waals surface area contributed by atoms with Crippen LogP contribution in [0.15, 0.2) is 36.7 Å². The first-order valence-corrected chi connectivity index (χ1v) is 7.80. The highest BCUT2D eigenvalue weighted by atomic mass is 35.5. The van der Waals surface area contributed by atoms with Crippen LogP contribution in [-0.4, -0.2) is 38.0 Å². The maximum Gasteiger partial charge on any atom is 0.132 e. The summed E-state index contributed by atoms with van der Waals surface area (Å²) in [5.74, 6) is 1.42. The van der Waals surface area contributed by atoms with E-state index in [4.69, 9.17) is 4.98 Å². The smallest absolute Gasteiger partial charge is 0.132 e. The fourth-order valence-electron chi connectivity index (χ4n) is 3.16. The van der Waals surface area contributed by atoms with Gasteiger partial charge in [-0.1, -0.05) is 6.07 Å². The van der Waals surface area contributed by atoms with Gasteiger partial charge in [-0.05, 0) is 44.5 Å². The number of hydrogen-bond donors (Lipinski definition) is 2. The lowest BCUT2D eigenvalue weighted by molar-refractivity contribution is 0.371. The molecule has 2 unspecified atom stereocenters. The number of fused-ring (bicyclic) bond motifs is 1. The SMILES string of the molecule is CC1CC(c2ncc3[nH]c(-c4ccccn4)cc3n2)CCN1.Cl.O. The second kappa shape index (κ2) is 7.70. The van der Waals surface area contributed by atoms with Gasteiger partial charge in [0.2, 0.25) is 0 Å². The number of H-pyrrole nitrogens is 1. The Labute approximate surface area is 146 Å². The molecule has 24 heavy (non-hydrogen) atoms. The fraction of sp³-hybridized carbons (Fsp3) is 0.353. The molecule has 3 aromatic heterocycles. The molecule has 1 aliphatic rings. The summed E-state index contributed by atoms with van der Waals surface area (Å²) in [6, 6.07) is 8.50. The van der Waals surface area contributed by atoms with E-state index < -0.39 is 0 Å². The number of hydrogen-bond acceptors (Lipinski definition) is 4. The number of pyridine rings is 1. The third-order valence-electron chi connectivity index (χ3n) is 4.32. The van der Waals surface area contributed by atoms with Crippen LogP contribution in [0.5, 0.6) is 0 Å². The fourth-order valence-corrected chi connectivity index (χ4v) is 3.16. The largest absolute Gasteiger partial charge is 0.412 e. The zero-order valence-electron chi connectivity index (χ0n) is 13.5. The highest BCUT2D eigenvalue weighted by Gasteiger charge is 2.22. The number of halogens is 1. The summed E-state index contributed by atoms with van der Waals surface area (Å²) in [7, 11) is 0. The number of aromatic nitrogens is 4. The van der Waals surface area contributed by atoms with E-state index in [1.807, 2.05) is 24.4 Å². The van der Waals surface area contributed by atoms with Gasteiger partial charge in [0.05, 0.1) is 28.6 Å². The number of aromatic amines is 1. The Balaban J connectivity index is 0.00000104. The molecule has 0 aliphatic carbocycles. The van der Waals surface area contributed by atoms with Crippen LogP contribution in [0.4, 0.5) is 0 Å². The lowest BCUT2D eigenvalue weighted by atomic mass is 9.92. The molecule has 0 aromatic carbocycles. The number of piperidine rings is 1. The molecule has 2 atom stereocenters. The molecule has 1 aliphatic heterocycles. The summed E-state index contributed by atoms with van der Waals surface area (Å²) in [6.07, 6.45) is 5.90. The highest BCUT2D eigenvalue weighted by molar-refractivity contribution is 5.85. The molecule has 0 amide bonds. The van der Waals surface area contributed by atoms with E-state index in [2.05, 4.69) is 33.3 Å². The van der Waals surface area contributed by atoms with Crippen molar-refractivity contribution < 1.29 is 5.48 Å². The molecule has 0 saturated carbocycles. The van der Waals surface area contributed by atoms with Crippen molar-refractivity contribution in [1.82, 2.24) is 25.3 Å². The molecule has 0 spiro atoms. The Morgan fingerprint density at radius 2 is 2.08 bits per heavy atom. The lowest BCUT2D eigenvalue weighted by Crippen LogP contribution is -2.35. The predicted octanol–water partition coefficient (Wildman–Crippen LogP) is 2.47. The molecule has 7 heteroatoms. The molecule has 4 N–H and O–H groups in total. The van der Waals surface area contributed by atoms with Gasteiger partial charge in [-0.3, -0.25) is 4.98 Å². The van der Waals surface area contributed by atoms with Gasteiger partial charge in [-0.15, -0.1) is 12.4 Å². The Morgan fingerprint density at radius 1 is 1.21 bits per heavy atom. The van der Waals surface area contributed by atoms with Crippen LogP contribution in [0, 0.1) is 0 Å². The monoisotopic (exact) mass is 347 g/mol. The molecule has 1 saturated heterocycles. The Hall–Kier alpha value is -2.02. The van der Waals surface area contributed by atoms with Crippen molar-refractivity contribution >= 4 is 23.4 Å². The maximum absolute atomic E-state index is 4.78. The van der Waals surface area contributed by atoms with Crippen LogP contribution < -0.4 is 5.32 Å². The van der Waals surface area contributed by atoms with Crippen molar-refractivity contribution in [3.8, 4) is 11.4 Å². The zero-order chi connectivity index (χ0) is 14.9. The van der Waals surface area contributed by atoms with Crippen molar-refractivity contribution in [2.75, 3.05) is 6.54 Å². The molecule has 1 fully saturated rings. The van der Waals surface area contributed by atoms with Crippen LogP contribution in [0.1, 0.15) is 31.5 Å². The summed E-state index contributed by atoms with van der Waals surface area (Å²) >= 11 is 0. The average Bonchev–Trinajstić information content (AvgIpc) is 2.99. The summed E-state index contributed by atoms with van der Waals surface area (Å²) in [6.45, 7) is 3.26. The second-order valence-electron chi connectivity index (χ2n) is 6.00. The normalized spacial score (nSPS) is 20.2. The Kier molecular flexibility index (Phi) is 5.88. The minimum absolute atomic E-state index is 0. The maximum atomic E-state index is 4.78. The first kappa shape index (κ1) is 18.3. The van der Waals surface area contributed by atoms with Gasteiger partial charge in [-0.2, -0.15) is 0 Å². The van der Waals surface area contributed by atoms with E-state index in [0.717, 1.165) is 47.6 Å². The Morgan fingerprint density at radius 3 is 2.83 bits per heavy atom. The van der Waals surface area contributed by atoms with Crippen molar-refractivity contribution in [2.45, 2.75) is 31.7 Å². The summed E-state index contributed by atoms with van der Waals surface area (Å²) in [5, 5.41) is 3.47. The first-order valence-electron chi connectivity index (χ1n) is 7.80. The molecule has 0 bridgehead atoms. The first-order chi connectivity index (χ1) is 10.8. The molecule has 3 aromatic rings. The van der Waals surface area contributed by atoms with Gasteiger partial charge in [0, 0.05) is 18.2 Å². The number of rotatable bonds is 2. The van der Waals surface area contributed by atoms with E-state index >= 15 is 0 Å². The summed E-state index contributed by atoms with van der Waals surface area (Å²) in [4.78, 5) is 17.1. The van der Waals surface area contributed by atoms with Crippen LogP contribution in [-0.2, 0) is 0 Å². The Bertz CT molecular complexity index is 792. The highest BCUT2D eigenvalue weighted by Crippen LogP contribution is 2.27. The van der Waals surface area contributed by atoms with Gasteiger partial charge in [0.25, 0.3) is 0 Å². The van der Waals surface area contributed by atoms with E-state index in [1.54, 1.807) is 6.20 Å². The van der Waals surface area contributed by atoms with Crippen LogP contribution in [0.3, 0.4) is 0 Å². The third kappa shape index (κ3) is 3.56. The lowest BCUT2D eigenvalue weighted by Gasteiger charge is -2.26. The van der Waals surface area contributed by atoms with Gasteiger partial charge >= 0.3 is 0 Å². The van der Waals surface area contributed by atoms with Crippen molar-refractivity contribution in [1.29, 1.82) is 0 Å². The quantitative estimate of drug-likeness (QED) is 0.744. The van der Waals surface area contributed by atoms with E-state index in [9.17, 15) is 0 Å². The molecule has 128 valence electrons. The average molecular weight is 348 g/mol. The summed E-state index contributed by atoms with van der Waals surface area (Å²) < 4.78 is 0. The molecular formula is C17H22ClN5O. The van der Waals surface area contributed by atoms with Crippen molar-refractivity contribution in [2.24, 2.45) is 0 Å². The summed E-state index contributed by atoms with van der Waals surface area (Å²) in [5.41, 5.74) is 3.85. The number of nitrogens with zero attached hydrogens (tertiary/aromatic N) is 3. The minimum Gasteiger partial charge on any atom is -0.412 e. The van der Waals surface area contributed by atoms with Gasteiger partial charge in [0.1, 0.15) is 5.82 Å². The minimum atomic E-state index is 0. The van der Waals surface area contributed by atoms with Crippen LogP contribution in [0.25, 0.3) is 22.4 Å². The topological polar surface area (TPSA) is 98.0 Å². The van der Waals surface area contributed by atoms with E-state index in [0.29, 0.717) is 12.0 Å². The van der Waals surface area contributed by atoms with E-state index in [1.165, 1.54) is 0 Å². The third-order valence-corrected chi connectivity index (χ3v) is 4.32. The zero-order valence-corrected chi connectivity index (χ0v) is 14.3. The van der Waals surface area contributed by atoms with Crippen molar-refractivity contribution in [3.63, 3.8) is 0 Å². The standard InChI is InChI=1S/C17H19N5.ClH.H2O/c1-11-8-12(5-7-18-11)17-20-10-16-15(22-17)9-14(21-16)13-4-2-3-6-19-13;;/h2-4,6,9-12,18,21H,5,7-8H2,1H3;1H;1H2. The second-order valence-corrected chi connectivity index (χ2v) is 6.00. The van der Waals surface area contributed by atoms with Gasteiger partial charge < -0.3 is 15.8 Å². The van der Waals surface area contributed by atoms with E-state index in [-0.39, 0.29) is 17.9 Å². The molecule has 0 radical (unpaired) electrons. The van der Waals surface area contributed by atoms with Gasteiger partial charge in [0.15, 0.2) is 0 Å². The number of nitrogens with one attached hydrogen (secondary N) is 2. The molecule has 4 heterocycles. The molecule has 6 nitrogen and oxygen atoms in total. The van der Waals surface area contributed by atoms with Crippen molar-refractivity contribution in [3.05, 3.63) is 42.5 Å². The molecule has 4 rings (SSSR count). The van der Waals surface area contributed by atoms with Crippen LogP contribution in [0.2, 0.25) is 0 Å². The van der Waals surface area contributed by atoms with Gasteiger partial charge in [-0.25, -0.2) is 9.97 Å². The molecular weight excluding hydrogens is 326 g/mol. The van der Waals surface area contributed by atoms with Crippen LogP contribution >= 0.6 is 12.4 Å². The predicted molar refractivity (Wildman–Crippen MR) is 97.4 cm³/mol.